The van der Waals surface area contributed by atoms with Crippen LogP contribution in [-0.4, -0.2) is 11.9 Å². The third kappa shape index (κ3) is 3.82. The average Bonchev–Trinajstić information content (AvgIpc) is 2.45. The molecule has 21 heavy (non-hydrogen) atoms. The molecule has 0 aromatic heterocycles. The average molecular weight is 294 g/mol. The molecule has 0 fully saturated rings. The van der Waals surface area contributed by atoms with Gasteiger partial charge >= 0.3 is 0 Å². The Hall–Kier alpha value is -2.34. The van der Waals surface area contributed by atoms with Gasteiger partial charge in [0.1, 0.15) is 0 Å². The quantitative estimate of drug-likeness (QED) is 0.852. The number of benzene rings is 2. The highest BCUT2D eigenvalue weighted by molar-refractivity contribution is 5.94. The van der Waals surface area contributed by atoms with E-state index < -0.39 is 29.4 Å². The molecule has 0 spiro atoms. The zero-order valence-electron chi connectivity index (χ0n) is 10.9. The van der Waals surface area contributed by atoms with Crippen LogP contribution in [0.15, 0.2) is 42.5 Å². The summed E-state index contributed by atoms with van der Waals surface area (Å²) in [5.41, 5.74) is 6.41. The third-order valence-electron chi connectivity index (χ3n) is 2.89. The van der Waals surface area contributed by atoms with Crippen LogP contribution in [0, 0.1) is 17.5 Å². The molecule has 6 heteroatoms. The van der Waals surface area contributed by atoms with E-state index >= 15 is 0 Å². The van der Waals surface area contributed by atoms with E-state index in [0.717, 1.165) is 5.56 Å². The fraction of sp³-hybridized carbons (Fsp3) is 0.133. The van der Waals surface area contributed by atoms with Crippen LogP contribution < -0.4 is 11.1 Å². The minimum Gasteiger partial charge on any atom is -0.325 e. The summed E-state index contributed by atoms with van der Waals surface area (Å²) in [5.74, 6) is -4.94. The van der Waals surface area contributed by atoms with E-state index in [1.807, 2.05) is 30.3 Å². The fourth-order valence-corrected chi connectivity index (χ4v) is 1.82. The molecule has 0 aliphatic heterocycles. The van der Waals surface area contributed by atoms with Crippen molar-refractivity contribution in [2.45, 2.75) is 12.5 Å². The van der Waals surface area contributed by atoms with Gasteiger partial charge in [0.25, 0.3) is 0 Å². The lowest BCUT2D eigenvalue weighted by Gasteiger charge is -2.12. The summed E-state index contributed by atoms with van der Waals surface area (Å²) < 4.78 is 38.9. The van der Waals surface area contributed by atoms with E-state index in [0.29, 0.717) is 12.1 Å². The number of carbonyl (C=O) groups excluding carboxylic acids is 1. The molecule has 1 atom stereocenters. The zero-order chi connectivity index (χ0) is 15.4. The Bertz CT molecular complexity index is 624. The number of amides is 1. The SMILES string of the molecule is N[C@@H](Cc1ccccc1)C(=O)Nc1cc(F)c(F)c(F)c1. The number of carbonyl (C=O) groups is 1. The minimum atomic E-state index is -1.58. The molecule has 0 aliphatic carbocycles. The Labute approximate surface area is 119 Å². The molecule has 2 rings (SSSR count). The second-order valence-electron chi connectivity index (χ2n) is 4.54. The highest BCUT2D eigenvalue weighted by Gasteiger charge is 2.16. The van der Waals surface area contributed by atoms with Gasteiger partial charge in [-0.25, -0.2) is 13.2 Å². The number of anilines is 1. The molecule has 0 bridgehead atoms. The Morgan fingerprint density at radius 2 is 1.67 bits per heavy atom. The summed E-state index contributed by atoms with van der Waals surface area (Å²) in [7, 11) is 0. The largest absolute Gasteiger partial charge is 0.325 e. The summed E-state index contributed by atoms with van der Waals surface area (Å²) in [6.07, 6.45) is 0.277. The van der Waals surface area contributed by atoms with Gasteiger partial charge in [-0.1, -0.05) is 30.3 Å². The molecule has 0 radical (unpaired) electrons. The van der Waals surface area contributed by atoms with Crippen LogP contribution in [-0.2, 0) is 11.2 Å². The summed E-state index contributed by atoms with van der Waals surface area (Å²) in [6, 6.07) is 9.59. The Kier molecular flexibility index (Phi) is 4.59. The van der Waals surface area contributed by atoms with Gasteiger partial charge in [-0.3, -0.25) is 4.79 Å². The molecule has 3 N–H and O–H groups in total. The van der Waals surface area contributed by atoms with Crippen molar-refractivity contribution in [3.05, 3.63) is 65.5 Å². The maximum absolute atomic E-state index is 13.0. The molecular weight excluding hydrogens is 281 g/mol. The fourth-order valence-electron chi connectivity index (χ4n) is 1.82. The van der Waals surface area contributed by atoms with Gasteiger partial charge in [-0.2, -0.15) is 0 Å². The molecule has 0 unspecified atom stereocenters. The van der Waals surface area contributed by atoms with Crippen LogP contribution >= 0.6 is 0 Å². The lowest BCUT2D eigenvalue weighted by molar-refractivity contribution is -0.117. The zero-order valence-corrected chi connectivity index (χ0v) is 10.9. The summed E-state index contributed by atoms with van der Waals surface area (Å²) in [5, 5.41) is 2.26. The summed E-state index contributed by atoms with van der Waals surface area (Å²) in [6.45, 7) is 0. The van der Waals surface area contributed by atoms with Crippen molar-refractivity contribution < 1.29 is 18.0 Å². The van der Waals surface area contributed by atoms with E-state index in [4.69, 9.17) is 5.73 Å². The molecule has 0 aliphatic rings. The first kappa shape index (κ1) is 15.1. The lowest BCUT2D eigenvalue weighted by atomic mass is 10.1. The van der Waals surface area contributed by atoms with Gasteiger partial charge in [-0.05, 0) is 12.0 Å². The Balaban J connectivity index is 2.04. The maximum atomic E-state index is 13.0. The molecule has 1 amide bonds. The normalized spacial score (nSPS) is 12.0. The second-order valence-corrected chi connectivity index (χ2v) is 4.54. The molecule has 2 aromatic carbocycles. The van der Waals surface area contributed by atoms with Crippen molar-refractivity contribution in [3.8, 4) is 0 Å². The second kappa shape index (κ2) is 6.41. The number of halogens is 3. The van der Waals surface area contributed by atoms with Crippen molar-refractivity contribution in [2.75, 3.05) is 5.32 Å². The maximum Gasteiger partial charge on any atom is 0.241 e. The van der Waals surface area contributed by atoms with E-state index in [1.54, 1.807) is 0 Å². The van der Waals surface area contributed by atoms with Crippen LogP contribution in [0.5, 0.6) is 0 Å². The van der Waals surface area contributed by atoms with Crippen molar-refractivity contribution >= 4 is 11.6 Å². The van der Waals surface area contributed by atoms with Gasteiger partial charge in [0.05, 0.1) is 6.04 Å². The van der Waals surface area contributed by atoms with Crippen LogP contribution in [0.2, 0.25) is 0 Å². The molecule has 0 heterocycles. The monoisotopic (exact) mass is 294 g/mol. The summed E-state index contributed by atoms with van der Waals surface area (Å²) >= 11 is 0. The molecule has 3 nitrogen and oxygen atoms in total. The standard InChI is InChI=1S/C15H13F3N2O/c16-11-7-10(8-12(17)14(11)18)20-15(21)13(19)6-9-4-2-1-3-5-9/h1-5,7-8,13H,6,19H2,(H,20,21)/t13-/m0/s1. The van der Waals surface area contributed by atoms with Crippen molar-refractivity contribution in [1.82, 2.24) is 0 Å². The number of nitrogens with one attached hydrogen (secondary N) is 1. The van der Waals surface area contributed by atoms with Gasteiger partial charge in [0, 0.05) is 17.8 Å². The van der Waals surface area contributed by atoms with Crippen molar-refractivity contribution in [1.29, 1.82) is 0 Å². The van der Waals surface area contributed by atoms with Crippen molar-refractivity contribution in [3.63, 3.8) is 0 Å². The van der Waals surface area contributed by atoms with Crippen LogP contribution in [0.3, 0.4) is 0 Å². The predicted octanol–water partition coefficient (Wildman–Crippen LogP) is 2.61. The van der Waals surface area contributed by atoms with E-state index in [2.05, 4.69) is 5.32 Å². The Morgan fingerprint density at radius 3 is 2.24 bits per heavy atom. The predicted molar refractivity (Wildman–Crippen MR) is 73.1 cm³/mol. The molecule has 0 saturated carbocycles. The molecular formula is C15H13F3N2O. The van der Waals surface area contributed by atoms with Crippen LogP contribution in [0.1, 0.15) is 5.56 Å². The number of rotatable bonds is 4. The third-order valence-corrected chi connectivity index (χ3v) is 2.89. The van der Waals surface area contributed by atoms with E-state index in [-0.39, 0.29) is 12.1 Å². The van der Waals surface area contributed by atoms with Crippen LogP contribution in [0.4, 0.5) is 18.9 Å². The van der Waals surface area contributed by atoms with Crippen molar-refractivity contribution in [2.24, 2.45) is 5.73 Å². The van der Waals surface area contributed by atoms with E-state index in [1.165, 1.54) is 0 Å². The highest BCUT2D eigenvalue weighted by atomic mass is 19.2. The van der Waals surface area contributed by atoms with Gasteiger partial charge in [-0.15, -0.1) is 0 Å². The van der Waals surface area contributed by atoms with Gasteiger partial charge in [0.15, 0.2) is 17.5 Å². The number of hydrogen-bond acceptors (Lipinski definition) is 2. The highest BCUT2D eigenvalue weighted by Crippen LogP contribution is 2.17. The minimum absolute atomic E-state index is 0.181. The van der Waals surface area contributed by atoms with Gasteiger partial charge < -0.3 is 11.1 Å². The summed E-state index contributed by atoms with van der Waals surface area (Å²) in [4.78, 5) is 11.8. The molecule has 110 valence electrons. The molecule has 2 aromatic rings. The Morgan fingerprint density at radius 1 is 1.10 bits per heavy atom. The topological polar surface area (TPSA) is 55.1 Å². The first-order valence-electron chi connectivity index (χ1n) is 6.22. The first-order valence-corrected chi connectivity index (χ1v) is 6.22. The number of nitrogens with two attached hydrogens (primary N) is 1. The molecule has 0 saturated heterocycles. The number of hydrogen-bond donors (Lipinski definition) is 2. The van der Waals surface area contributed by atoms with E-state index in [9.17, 15) is 18.0 Å². The van der Waals surface area contributed by atoms with Crippen LogP contribution in [0.25, 0.3) is 0 Å². The smallest absolute Gasteiger partial charge is 0.241 e. The first-order chi connectivity index (χ1) is 9.97. The lowest BCUT2D eigenvalue weighted by Crippen LogP contribution is -2.37. The van der Waals surface area contributed by atoms with Gasteiger partial charge in [0.2, 0.25) is 5.91 Å².